The molecule has 0 unspecified atom stereocenters. The van der Waals surface area contributed by atoms with Crippen LogP contribution < -0.4 is 15.1 Å². The van der Waals surface area contributed by atoms with Gasteiger partial charge in [-0.15, -0.1) is 0 Å². The van der Waals surface area contributed by atoms with Gasteiger partial charge in [0.1, 0.15) is 0 Å². The molecule has 3 nitrogen and oxygen atoms in total. The summed E-state index contributed by atoms with van der Waals surface area (Å²) < 4.78 is 0. The van der Waals surface area contributed by atoms with Gasteiger partial charge in [-0.3, -0.25) is 0 Å². The molecule has 1 N–H and O–H groups in total. The summed E-state index contributed by atoms with van der Waals surface area (Å²) >= 11 is 0. The molecule has 1 fully saturated rings. The fourth-order valence-corrected chi connectivity index (χ4v) is 4.75. The molecule has 0 amide bonds. The van der Waals surface area contributed by atoms with E-state index in [0.29, 0.717) is 0 Å². The SMILES string of the molecule is CCN1c2ccccc2C(c2ccc(N3CCNCC3)cc2)c2ccccc21. The fraction of sp³-hybridized carbons (Fsp3) is 0.280. The number of nitrogens with one attached hydrogen (secondary N) is 1. The van der Waals surface area contributed by atoms with E-state index in [1.165, 1.54) is 33.8 Å². The molecule has 3 aromatic carbocycles. The molecular weight excluding hydrogens is 342 g/mol. The molecule has 0 spiro atoms. The van der Waals surface area contributed by atoms with Gasteiger partial charge in [0.05, 0.1) is 0 Å². The maximum absolute atomic E-state index is 3.43. The zero-order chi connectivity index (χ0) is 18.9. The summed E-state index contributed by atoms with van der Waals surface area (Å²) in [5, 5.41) is 3.43. The standard InChI is InChI=1S/C25H27N3/c1-2-28-23-9-5-3-7-21(23)25(22-8-4-6-10-24(22)28)19-11-13-20(14-12-19)27-17-15-26-16-18-27/h3-14,25-26H,2,15-18H2,1H3. The minimum absolute atomic E-state index is 0.285. The molecule has 2 aliphatic rings. The van der Waals surface area contributed by atoms with E-state index in [-0.39, 0.29) is 5.92 Å². The zero-order valence-corrected chi connectivity index (χ0v) is 16.4. The average Bonchev–Trinajstić information content (AvgIpc) is 2.78. The molecule has 0 aromatic heterocycles. The smallest absolute Gasteiger partial charge is 0.0452 e. The maximum Gasteiger partial charge on any atom is 0.0452 e. The monoisotopic (exact) mass is 369 g/mol. The first-order valence-corrected chi connectivity index (χ1v) is 10.4. The Hall–Kier alpha value is -2.78. The summed E-state index contributed by atoms with van der Waals surface area (Å²) in [6.07, 6.45) is 0. The second kappa shape index (κ2) is 7.33. The van der Waals surface area contributed by atoms with Crippen molar-refractivity contribution in [3.8, 4) is 0 Å². The Morgan fingerprint density at radius 1 is 0.786 bits per heavy atom. The Kier molecular flexibility index (Phi) is 4.53. The number of benzene rings is 3. The lowest BCUT2D eigenvalue weighted by atomic mass is 9.80. The topological polar surface area (TPSA) is 18.5 Å². The first-order chi connectivity index (χ1) is 13.9. The second-order valence-corrected chi connectivity index (χ2v) is 7.62. The van der Waals surface area contributed by atoms with Gasteiger partial charge >= 0.3 is 0 Å². The van der Waals surface area contributed by atoms with Crippen LogP contribution in [0.3, 0.4) is 0 Å². The van der Waals surface area contributed by atoms with Crippen LogP contribution in [0.15, 0.2) is 72.8 Å². The Morgan fingerprint density at radius 3 is 1.93 bits per heavy atom. The molecule has 0 bridgehead atoms. The molecule has 0 radical (unpaired) electrons. The maximum atomic E-state index is 3.43. The number of piperazine rings is 1. The fourth-order valence-electron chi connectivity index (χ4n) is 4.75. The van der Waals surface area contributed by atoms with E-state index in [0.717, 1.165) is 32.7 Å². The lowest BCUT2D eigenvalue weighted by molar-refractivity contribution is 0.589. The van der Waals surface area contributed by atoms with Crippen molar-refractivity contribution in [1.82, 2.24) is 5.32 Å². The van der Waals surface area contributed by atoms with Crippen LogP contribution in [0, 0.1) is 0 Å². The van der Waals surface area contributed by atoms with E-state index >= 15 is 0 Å². The first-order valence-electron chi connectivity index (χ1n) is 10.4. The van der Waals surface area contributed by atoms with Crippen molar-refractivity contribution in [2.45, 2.75) is 12.8 Å². The van der Waals surface area contributed by atoms with E-state index in [2.05, 4.69) is 94.8 Å². The van der Waals surface area contributed by atoms with Crippen LogP contribution in [-0.4, -0.2) is 32.7 Å². The number of rotatable bonds is 3. The van der Waals surface area contributed by atoms with Crippen molar-refractivity contribution in [1.29, 1.82) is 0 Å². The third-order valence-electron chi connectivity index (χ3n) is 6.10. The lowest BCUT2D eigenvalue weighted by Gasteiger charge is -2.37. The summed E-state index contributed by atoms with van der Waals surface area (Å²) in [4.78, 5) is 4.91. The van der Waals surface area contributed by atoms with Crippen molar-refractivity contribution in [2.75, 3.05) is 42.5 Å². The molecule has 5 rings (SSSR count). The second-order valence-electron chi connectivity index (χ2n) is 7.62. The van der Waals surface area contributed by atoms with Gasteiger partial charge in [-0.2, -0.15) is 0 Å². The number of fused-ring (bicyclic) bond motifs is 2. The van der Waals surface area contributed by atoms with Gasteiger partial charge in [0.15, 0.2) is 0 Å². The number of nitrogens with zero attached hydrogens (tertiary/aromatic N) is 2. The van der Waals surface area contributed by atoms with E-state index < -0.39 is 0 Å². The van der Waals surface area contributed by atoms with Crippen molar-refractivity contribution >= 4 is 17.1 Å². The predicted molar refractivity (Wildman–Crippen MR) is 118 cm³/mol. The van der Waals surface area contributed by atoms with E-state index in [1.54, 1.807) is 0 Å². The van der Waals surface area contributed by atoms with Crippen molar-refractivity contribution in [3.05, 3.63) is 89.5 Å². The summed E-state index contributed by atoms with van der Waals surface area (Å²) in [5.41, 5.74) is 8.17. The van der Waals surface area contributed by atoms with Gasteiger partial charge in [0.25, 0.3) is 0 Å². The van der Waals surface area contributed by atoms with E-state index in [4.69, 9.17) is 0 Å². The van der Waals surface area contributed by atoms with Gasteiger partial charge in [-0.25, -0.2) is 0 Å². The summed E-state index contributed by atoms with van der Waals surface area (Å²) in [5.74, 6) is 0.285. The zero-order valence-electron chi connectivity index (χ0n) is 16.4. The van der Waals surface area contributed by atoms with Gasteiger partial charge < -0.3 is 15.1 Å². The van der Waals surface area contributed by atoms with Crippen LogP contribution in [0.1, 0.15) is 29.5 Å². The highest BCUT2D eigenvalue weighted by Gasteiger charge is 2.30. The quantitative estimate of drug-likeness (QED) is 0.719. The lowest BCUT2D eigenvalue weighted by Crippen LogP contribution is -2.43. The Morgan fingerprint density at radius 2 is 1.36 bits per heavy atom. The molecule has 0 saturated carbocycles. The van der Waals surface area contributed by atoms with Gasteiger partial charge in [-0.05, 0) is 47.9 Å². The molecule has 2 aliphatic heterocycles. The molecule has 0 atom stereocenters. The van der Waals surface area contributed by atoms with Crippen LogP contribution in [-0.2, 0) is 0 Å². The minimum atomic E-state index is 0.285. The first kappa shape index (κ1) is 17.3. The van der Waals surface area contributed by atoms with Crippen molar-refractivity contribution in [2.24, 2.45) is 0 Å². The summed E-state index contributed by atoms with van der Waals surface area (Å²) in [6.45, 7) is 7.51. The minimum Gasteiger partial charge on any atom is -0.369 e. The highest BCUT2D eigenvalue weighted by molar-refractivity contribution is 5.78. The predicted octanol–water partition coefficient (Wildman–Crippen LogP) is 4.75. The van der Waals surface area contributed by atoms with Crippen LogP contribution in [0.2, 0.25) is 0 Å². The Balaban J connectivity index is 1.58. The molecule has 3 aromatic rings. The number of hydrogen-bond donors (Lipinski definition) is 1. The highest BCUT2D eigenvalue weighted by Crippen LogP contribution is 2.48. The molecule has 28 heavy (non-hydrogen) atoms. The van der Waals surface area contributed by atoms with Gasteiger partial charge in [0.2, 0.25) is 0 Å². The molecule has 2 heterocycles. The van der Waals surface area contributed by atoms with Crippen LogP contribution in [0.25, 0.3) is 0 Å². The third kappa shape index (κ3) is 2.87. The molecule has 0 aliphatic carbocycles. The largest absolute Gasteiger partial charge is 0.369 e. The highest BCUT2D eigenvalue weighted by atomic mass is 15.2. The number of hydrogen-bond acceptors (Lipinski definition) is 3. The van der Waals surface area contributed by atoms with Crippen LogP contribution in [0.4, 0.5) is 17.1 Å². The van der Waals surface area contributed by atoms with E-state index in [9.17, 15) is 0 Å². The normalized spacial score (nSPS) is 16.6. The van der Waals surface area contributed by atoms with E-state index in [1.807, 2.05) is 0 Å². The molecule has 142 valence electrons. The average molecular weight is 370 g/mol. The van der Waals surface area contributed by atoms with Crippen molar-refractivity contribution in [3.63, 3.8) is 0 Å². The molecular formula is C25H27N3. The number of anilines is 3. The van der Waals surface area contributed by atoms with Crippen LogP contribution in [0.5, 0.6) is 0 Å². The Labute approximate surface area is 167 Å². The van der Waals surface area contributed by atoms with Crippen molar-refractivity contribution < 1.29 is 0 Å². The summed E-state index contributed by atoms with van der Waals surface area (Å²) in [7, 11) is 0. The number of para-hydroxylation sites is 2. The Bertz CT molecular complexity index is 910. The third-order valence-corrected chi connectivity index (χ3v) is 6.10. The summed E-state index contributed by atoms with van der Waals surface area (Å²) in [6, 6.07) is 27.0. The van der Waals surface area contributed by atoms with Crippen LogP contribution >= 0.6 is 0 Å². The molecule has 3 heteroatoms. The molecule has 1 saturated heterocycles. The van der Waals surface area contributed by atoms with Gasteiger partial charge in [0, 0.05) is 55.7 Å². The van der Waals surface area contributed by atoms with Gasteiger partial charge in [-0.1, -0.05) is 48.5 Å².